The van der Waals surface area contributed by atoms with Crippen LogP contribution in [-0.4, -0.2) is 91.4 Å². The first-order valence-electron chi connectivity index (χ1n) is 9.63. The van der Waals surface area contributed by atoms with Gasteiger partial charge in [-0.05, 0) is 19.0 Å². The molecule has 0 fully saturated rings. The summed E-state index contributed by atoms with van der Waals surface area (Å²) in [6.45, 7) is 2.38. The van der Waals surface area contributed by atoms with Gasteiger partial charge in [-0.15, -0.1) is 0 Å². The number of nitrogens with zero attached hydrogens (tertiary/aromatic N) is 4. The van der Waals surface area contributed by atoms with Crippen LogP contribution in [0.4, 0.5) is 0 Å². The number of hydrogen-bond acceptors (Lipinski definition) is 9. The Kier molecular flexibility index (Phi) is 12.6. The molecule has 0 aliphatic heterocycles. The van der Waals surface area contributed by atoms with Gasteiger partial charge in [-0.2, -0.15) is 0 Å². The maximum atomic E-state index is 11.1. The van der Waals surface area contributed by atoms with Crippen molar-refractivity contribution in [2.45, 2.75) is 51.8 Å². The summed E-state index contributed by atoms with van der Waals surface area (Å²) in [5, 5.41) is 59.0. The molecule has 12 N–H and O–H groups in total. The summed E-state index contributed by atoms with van der Waals surface area (Å²) in [6.07, 6.45) is -5.10. The first-order chi connectivity index (χ1) is 14.7. The van der Waals surface area contributed by atoms with E-state index in [0.29, 0.717) is 0 Å². The van der Waals surface area contributed by atoms with Crippen molar-refractivity contribution in [1.29, 1.82) is 5.41 Å². The van der Waals surface area contributed by atoms with E-state index in [1.165, 1.54) is 13.8 Å². The molecular formula is C17H33N8O7+. The van der Waals surface area contributed by atoms with Gasteiger partial charge in [-0.3, -0.25) is 15.0 Å². The van der Waals surface area contributed by atoms with Crippen molar-refractivity contribution < 1.29 is 39.8 Å². The van der Waals surface area contributed by atoms with Gasteiger partial charge in [0.1, 0.15) is 24.1 Å². The molecule has 15 heteroatoms. The fourth-order valence-electron chi connectivity index (χ4n) is 2.19. The molecule has 5 unspecified atom stereocenters. The normalized spacial score (nSPS) is 17.8. The van der Waals surface area contributed by atoms with E-state index in [9.17, 15) is 24.9 Å². The largest absolute Gasteiger partial charge is 0.481 e. The van der Waals surface area contributed by atoms with Crippen LogP contribution < -0.4 is 17.2 Å². The summed E-state index contributed by atoms with van der Waals surface area (Å²) in [7, 11) is 0. The summed E-state index contributed by atoms with van der Waals surface area (Å²) in [5.74, 6) is -4.70. The Hall–Kier alpha value is -3.17. The zero-order valence-corrected chi connectivity index (χ0v) is 18.0. The van der Waals surface area contributed by atoms with Crippen LogP contribution in [0.3, 0.4) is 0 Å². The lowest BCUT2D eigenvalue weighted by Gasteiger charge is -2.12. The summed E-state index contributed by atoms with van der Waals surface area (Å²) < 4.78 is 1.01. The number of aliphatic carboxylic acids is 2. The van der Waals surface area contributed by atoms with Crippen LogP contribution in [-0.2, 0) is 9.59 Å². The third-order valence-corrected chi connectivity index (χ3v) is 4.00. The van der Waals surface area contributed by atoms with Crippen molar-refractivity contribution in [3.63, 3.8) is 0 Å². The highest BCUT2D eigenvalue weighted by molar-refractivity contribution is 5.83. The summed E-state index contributed by atoms with van der Waals surface area (Å²) in [4.78, 5) is 29.5. The van der Waals surface area contributed by atoms with Gasteiger partial charge in [-0.25, -0.2) is 9.98 Å². The van der Waals surface area contributed by atoms with E-state index in [0.717, 1.165) is 4.70 Å². The Morgan fingerprint density at radius 2 is 1.34 bits per heavy atom. The number of azo groups is 2. The monoisotopic (exact) mass is 461 g/mol. The molecule has 0 aliphatic carbocycles. The van der Waals surface area contributed by atoms with E-state index in [4.69, 9.17) is 32.8 Å². The van der Waals surface area contributed by atoms with E-state index < -0.39 is 42.5 Å². The molecule has 5 atom stereocenters. The van der Waals surface area contributed by atoms with Crippen LogP contribution in [0.25, 0.3) is 0 Å². The average molecular weight is 462 g/mol. The molecule has 0 heterocycles. The number of aliphatic hydroxyl groups excluding tert-OH is 3. The molecular weight excluding hydrogens is 428 g/mol. The van der Waals surface area contributed by atoms with Gasteiger partial charge in [-0.1, -0.05) is 4.70 Å². The van der Waals surface area contributed by atoms with Crippen LogP contribution in [0.5, 0.6) is 0 Å². The van der Waals surface area contributed by atoms with Crippen LogP contribution in [0.2, 0.25) is 0 Å². The standard InChI is InChI=1S/C17H32N8O7/c1-8(16(29)30)6-22-25(7-9(2)17(31)32)15(28)5-12(21)24-14(27)4-11(20)23-13(26)3-10(18)19/h8-9,13-15,26-28H,3-7H2,1-2H3,(H8-,18,19,20,21,23,24,29,30,31,32)/p+1. The Balaban J connectivity index is 5.21. The minimum absolute atomic E-state index is 0.169. The molecule has 0 aromatic heterocycles. The summed E-state index contributed by atoms with van der Waals surface area (Å²) in [6, 6.07) is 0. The molecule has 0 saturated carbocycles. The minimum atomic E-state index is -1.45. The molecule has 0 bridgehead atoms. The third kappa shape index (κ3) is 12.5. The van der Waals surface area contributed by atoms with Gasteiger partial charge in [0.05, 0.1) is 31.0 Å². The number of nitrogens with one attached hydrogen (secondary N) is 1. The molecule has 0 spiro atoms. The van der Waals surface area contributed by atoms with E-state index in [1.54, 1.807) is 0 Å². The number of rotatable bonds is 15. The third-order valence-electron chi connectivity index (χ3n) is 4.00. The molecule has 0 amide bonds. The second-order valence-electron chi connectivity index (χ2n) is 7.24. The van der Waals surface area contributed by atoms with Gasteiger partial charge in [0.15, 0.2) is 19.0 Å². The predicted molar refractivity (Wildman–Crippen MR) is 113 cm³/mol. The highest BCUT2D eigenvalue weighted by Gasteiger charge is 2.28. The van der Waals surface area contributed by atoms with Crippen molar-refractivity contribution in [3.05, 3.63) is 0 Å². The zero-order chi connectivity index (χ0) is 25.0. The molecule has 0 rings (SSSR count). The van der Waals surface area contributed by atoms with Crippen molar-refractivity contribution >= 4 is 29.4 Å². The lowest BCUT2D eigenvalue weighted by Crippen LogP contribution is -2.36. The lowest BCUT2D eigenvalue weighted by molar-refractivity contribution is -0.667. The van der Waals surface area contributed by atoms with E-state index in [-0.39, 0.29) is 49.9 Å². The number of amidine groups is 3. The van der Waals surface area contributed by atoms with Crippen LogP contribution >= 0.6 is 0 Å². The SMILES string of the molecule is CC(CN=[N+](CC(C)C(=O)O)C(O)CC(N)=NC(O)CC(N)=NC(O)CC(=N)N)C(=O)O. The quantitative estimate of drug-likeness (QED) is 0.0412. The Morgan fingerprint density at radius 1 is 0.875 bits per heavy atom. The van der Waals surface area contributed by atoms with Crippen molar-refractivity contribution in [3.8, 4) is 0 Å². The molecule has 182 valence electrons. The highest BCUT2D eigenvalue weighted by Crippen LogP contribution is 2.06. The summed E-state index contributed by atoms with van der Waals surface area (Å²) >= 11 is 0. The predicted octanol–water partition coefficient (Wildman–Crippen LogP) is -2.33. The number of aliphatic hydroxyl groups is 3. The number of hydrogen-bond donors (Lipinski definition) is 9. The molecule has 0 radical (unpaired) electrons. The van der Waals surface area contributed by atoms with Crippen molar-refractivity contribution in [1.82, 2.24) is 0 Å². The Bertz CT molecular complexity index is 755. The topological polar surface area (TPSA) is 277 Å². The number of carboxylic acids is 2. The molecule has 0 aromatic rings. The fraction of sp³-hybridized carbons (Fsp3) is 0.706. The fourth-order valence-corrected chi connectivity index (χ4v) is 2.19. The van der Waals surface area contributed by atoms with Gasteiger partial charge in [0, 0.05) is 0 Å². The number of carbonyl (C=O) groups is 2. The molecule has 0 aliphatic rings. The molecule has 0 aromatic carbocycles. The average Bonchev–Trinajstić information content (AvgIpc) is 2.62. The molecule has 15 nitrogen and oxygen atoms in total. The van der Waals surface area contributed by atoms with Crippen LogP contribution in [0.1, 0.15) is 33.1 Å². The Labute approximate surface area is 184 Å². The van der Waals surface area contributed by atoms with E-state index >= 15 is 0 Å². The Morgan fingerprint density at radius 3 is 1.81 bits per heavy atom. The first-order valence-corrected chi connectivity index (χ1v) is 9.63. The van der Waals surface area contributed by atoms with Gasteiger partial charge in [0.2, 0.25) is 0 Å². The summed E-state index contributed by atoms with van der Waals surface area (Å²) in [5.41, 5.74) is 16.4. The van der Waals surface area contributed by atoms with Gasteiger partial charge >= 0.3 is 11.9 Å². The van der Waals surface area contributed by atoms with Crippen LogP contribution in [0, 0.1) is 17.2 Å². The lowest BCUT2D eigenvalue weighted by atomic mass is 10.2. The number of aliphatic imine (C=N–C) groups is 2. The van der Waals surface area contributed by atoms with E-state index in [2.05, 4.69) is 15.1 Å². The van der Waals surface area contributed by atoms with E-state index in [1.807, 2.05) is 0 Å². The molecule has 32 heavy (non-hydrogen) atoms. The minimum Gasteiger partial charge on any atom is -0.481 e. The first kappa shape index (κ1) is 28.8. The van der Waals surface area contributed by atoms with Gasteiger partial charge in [0.25, 0.3) is 6.23 Å². The number of carboxylic acid groups (broad SMARTS) is 2. The number of nitrogens with two attached hydrogens (primary N) is 3. The zero-order valence-electron chi connectivity index (χ0n) is 18.0. The maximum absolute atomic E-state index is 11.1. The van der Waals surface area contributed by atoms with Crippen LogP contribution in [0.15, 0.2) is 15.1 Å². The highest BCUT2D eigenvalue weighted by atomic mass is 16.4. The second-order valence-corrected chi connectivity index (χ2v) is 7.24. The smallest absolute Gasteiger partial charge is 0.312 e. The van der Waals surface area contributed by atoms with Crippen molar-refractivity contribution in [2.24, 2.45) is 44.1 Å². The van der Waals surface area contributed by atoms with Gasteiger partial charge < -0.3 is 42.7 Å². The van der Waals surface area contributed by atoms with Crippen molar-refractivity contribution in [2.75, 3.05) is 13.1 Å². The maximum Gasteiger partial charge on any atom is 0.312 e. The second kappa shape index (κ2) is 14.0. The molecule has 0 saturated heterocycles.